The average Bonchev–Trinajstić information content (AvgIpc) is 3.49. The molecular weight excluding hydrogens is 434 g/mol. The largest absolute Gasteiger partial charge is 0.340 e. The van der Waals surface area contributed by atoms with Crippen LogP contribution in [-0.2, 0) is 18.4 Å². The molecule has 31 heavy (non-hydrogen) atoms. The van der Waals surface area contributed by atoms with Crippen molar-refractivity contribution in [3.8, 4) is 11.4 Å². The van der Waals surface area contributed by atoms with Crippen molar-refractivity contribution < 1.29 is 4.79 Å². The van der Waals surface area contributed by atoms with Crippen LogP contribution in [0.4, 0.5) is 0 Å². The van der Waals surface area contributed by atoms with Gasteiger partial charge in [0.05, 0.1) is 23.7 Å². The number of nitrogens with zero attached hydrogens (tertiary/aromatic N) is 7. The van der Waals surface area contributed by atoms with Gasteiger partial charge >= 0.3 is 0 Å². The third kappa shape index (κ3) is 4.19. The molecule has 3 aromatic heterocycles. The van der Waals surface area contributed by atoms with Gasteiger partial charge in [-0.3, -0.25) is 14.3 Å². The van der Waals surface area contributed by atoms with Gasteiger partial charge in [-0.15, -0.1) is 16.4 Å². The van der Waals surface area contributed by atoms with Crippen LogP contribution in [0.2, 0.25) is 0 Å². The van der Waals surface area contributed by atoms with Gasteiger partial charge < -0.3 is 4.90 Å². The lowest BCUT2D eigenvalue weighted by atomic mass is 10.3. The number of rotatable bonds is 7. The third-order valence-electron chi connectivity index (χ3n) is 4.90. The fourth-order valence-electron chi connectivity index (χ4n) is 3.17. The van der Waals surface area contributed by atoms with Crippen LogP contribution in [0.25, 0.3) is 11.4 Å². The van der Waals surface area contributed by atoms with Crippen molar-refractivity contribution in [1.29, 1.82) is 0 Å². The Balaban J connectivity index is 1.56. The molecule has 1 amide bonds. The number of benzene rings is 1. The highest BCUT2D eigenvalue weighted by Gasteiger charge is 2.22. The van der Waals surface area contributed by atoms with Crippen LogP contribution in [0.3, 0.4) is 0 Å². The Kier molecular flexibility index (Phi) is 6.05. The Morgan fingerprint density at radius 1 is 1.19 bits per heavy atom. The van der Waals surface area contributed by atoms with Gasteiger partial charge in [0.2, 0.25) is 11.1 Å². The van der Waals surface area contributed by atoms with E-state index in [1.165, 1.54) is 16.4 Å². The second kappa shape index (κ2) is 8.90. The molecule has 11 heteroatoms. The van der Waals surface area contributed by atoms with Crippen molar-refractivity contribution in [2.45, 2.75) is 18.6 Å². The van der Waals surface area contributed by atoms with E-state index in [0.717, 1.165) is 10.6 Å². The number of carbonyl (C=O) groups excluding carboxylic acids is 1. The highest BCUT2D eigenvalue weighted by molar-refractivity contribution is 7.99. The monoisotopic (exact) mass is 455 g/mol. The molecule has 0 fully saturated rings. The van der Waals surface area contributed by atoms with Crippen molar-refractivity contribution >= 4 is 29.0 Å². The molecular formula is C20H21N7O2S2. The zero-order chi connectivity index (χ0) is 22.0. The molecule has 160 valence electrons. The number of thioether (sulfide) groups is 1. The van der Waals surface area contributed by atoms with Gasteiger partial charge in [0.25, 0.3) is 5.56 Å². The molecule has 4 rings (SSSR count). The smallest absolute Gasteiger partial charge is 0.297 e. The Morgan fingerprint density at radius 3 is 2.68 bits per heavy atom. The summed E-state index contributed by atoms with van der Waals surface area (Å²) in [7, 11) is 3.58. The predicted molar refractivity (Wildman–Crippen MR) is 120 cm³/mol. The molecule has 4 aromatic rings. The van der Waals surface area contributed by atoms with Crippen molar-refractivity contribution in [3.63, 3.8) is 0 Å². The first kappa shape index (κ1) is 21.1. The van der Waals surface area contributed by atoms with E-state index in [-0.39, 0.29) is 17.2 Å². The van der Waals surface area contributed by atoms with E-state index in [1.54, 1.807) is 32.6 Å². The second-order valence-electron chi connectivity index (χ2n) is 6.90. The van der Waals surface area contributed by atoms with Crippen LogP contribution in [0.15, 0.2) is 57.8 Å². The minimum Gasteiger partial charge on any atom is -0.340 e. The number of hydrogen-bond acceptors (Lipinski definition) is 7. The van der Waals surface area contributed by atoms with Crippen molar-refractivity contribution in [2.75, 3.05) is 12.8 Å². The topological polar surface area (TPSA) is 90.8 Å². The molecule has 0 saturated carbocycles. The first-order valence-corrected chi connectivity index (χ1v) is 11.4. The molecule has 0 spiro atoms. The Bertz CT molecular complexity index is 1240. The summed E-state index contributed by atoms with van der Waals surface area (Å²) < 4.78 is 4.75. The van der Waals surface area contributed by atoms with E-state index in [2.05, 4.69) is 15.5 Å². The van der Waals surface area contributed by atoms with Crippen molar-refractivity contribution in [2.24, 2.45) is 7.05 Å². The first-order chi connectivity index (χ1) is 15.0. The summed E-state index contributed by atoms with van der Waals surface area (Å²) in [6.07, 6.45) is 0. The summed E-state index contributed by atoms with van der Waals surface area (Å²) in [5, 5.41) is 14.2. The molecule has 9 nitrogen and oxygen atoms in total. The summed E-state index contributed by atoms with van der Waals surface area (Å²) in [4.78, 5) is 28.6. The summed E-state index contributed by atoms with van der Waals surface area (Å²) in [5.41, 5.74) is 1.58. The van der Waals surface area contributed by atoms with Gasteiger partial charge in [-0.25, -0.2) is 4.68 Å². The second-order valence-corrected chi connectivity index (χ2v) is 8.88. The molecule has 1 aromatic carbocycles. The van der Waals surface area contributed by atoms with E-state index in [0.29, 0.717) is 23.1 Å². The summed E-state index contributed by atoms with van der Waals surface area (Å²) >= 11 is 2.82. The fraction of sp³-hybridized carbons (Fsp3) is 0.250. The lowest BCUT2D eigenvalue weighted by Crippen LogP contribution is -2.27. The molecule has 3 heterocycles. The molecule has 0 atom stereocenters. The maximum Gasteiger partial charge on any atom is 0.297 e. The minimum atomic E-state index is -0.235. The molecule has 0 bridgehead atoms. The Labute approximate surface area is 186 Å². The average molecular weight is 456 g/mol. The van der Waals surface area contributed by atoms with Gasteiger partial charge in [-0.2, -0.15) is 4.68 Å². The van der Waals surface area contributed by atoms with Crippen LogP contribution in [0.5, 0.6) is 0 Å². The standard InChI is InChI=1S/C20H21N7O2S2/c1-14-18(19(29)27(25(14)3)15-8-5-4-6-9-15)26-20(21-22-23-26)31-13-17(28)24(2)12-16-10-7-11-30-16/h4-11H,12-13H2,1-3H3. The van der Waals surface area contributed by atoms with E-state index in [1.807, 2.05) is 61.8 Å². The number of tetrazole rings is 1. The van der Waals surface area contributed by atoms with Gasteiger partial charge in [0.15, 0.2) is 5.69 Å². The zero-order valence-corrected chi connectivity index (χ0v) is 18.9. The first-order valence-electron chi connectivity index (χ1n) is 9.49. The van der Waals surface area contributed by atoms with Crippen molar-refractivity contribution in [1.82, 2.24) is 34.5 Å². The van der Waals surface area contributed by atoms with E-state index >= 15 is 0 Å². The van der Waals surface area contributed by atoms with Crippen LogP contribution < -0.4 is 5.56 Å². The van der Waals surface area contributed by atoms with E-state index in [9.17, 15) is 9.59 Å². The zero-order valence-electron chi connectivity index (χ0n) is 17.3. The van der Waals surface area contributed by atoms with Crippen LogP contribution in [-0.4, -0.2) is 53.2 Å². The SMILES string of the molecule is Cc1c(-n2nnnc2SCC(=O)N(C)Cc2cccs2)c(=O)n(-c2ccccc2)n1C. The van der Waals surface area contributed by atoms with Gasteiger partial charge in [0, 0.05) is 19.0 Å². The molecule has 0 aliphatic heterocycles. The molecule has 0 aliphatic rings. The van der Waals surface area contributed by atoms with Gasteiger partial charge in [0.1, 0.15) is 0 Å². The maximum atomic E-state index is 13.2. The summed E-state index contributed by atoms with van der Waals surface area (Å²) in [6, 6.07) is 13.3. The quantitative estimate of drug-likeness (QED) is 0.397. The van der Waals surface area contributed by atoms with Crippen LogP contribution in [0.1, 0.15) is 10.6 Å². The third-order valence-corrected chi connectivity index (χ3v) is 6.67. The highest BCUT2D eigenvalue weighted by atomic mass is 32.2. The Morgan fingerprint density at radius 2 is 1.97 bits per heavy atom. The van der Waals surface area contributed by atoms with Crippen LogP contribution >= 0.6 is 23.1 Å². The highest BCUT2D eigenvalue weighted by Crippen LogP contribution is 2.21. The lowest BCUT2D eigenvalue weighted by Gasteiger charge is -2.15. The van der Waals surface area contributed by atoms with E-state index in [4.69, 9.17) is 0 Å². The number of thiophene rings is 1. The van der Waals surface area contributed by atoms with Gasteiger partial charge in [-0.05, 0) is 40.9 Å². The molecule has 0 radical (unpaired) electrons. The predicted octanol–water partition coefficient (Wildman–Crippen LogP) is 2.27. The molecule has 0 saturated heterocycles. The normalized spacial score (nSPS) is 11.1. The molecule has 0 aliphatic carbocycles. The number of aromatic nitrogens is 6. The number of hydrogen-bond donors (Lipinski definition) is 0. The molecule has 0 N–H and O–H groups in total. The number of carbonyl (C=O) groups is 1. The Hall–Kier alpha value is -3.18. The van der Waals surface area contributed by atoms with Crippen molar-refractivity contribution in [3.05, 3.63) is 68.8 Å². The molecule has 0 unspecified atom stereocenters. The fourth-order valence-corrected chi connectivity index (χ4v) is 4.74. The summed E-state index contributed by atoms with van der Waals surface area (Å²) in [6.45, 7) is 2.40. The summed E-state index contributed by atoms with van der Waals surface area (Å²) in [5.74, 6) is 0.125. The maximum absolute atomic E-state index is 13.2. The van der Waals surface area contributed by atoms with Crippen LogP contribution in [0, 0.1) is 6.92 Å². The van der Waals surface area contributed by atoms with E-state index < -0.39 is 0 Å². The van der Waals surface area contributed by atoms with Gasteiger partial charge in [-0.1, -0.05) is 36.0 Å². The number of para-hydroxylation sites is 1. The minimum absolute atomic E-state index is 0.0422. The lowest BCUT2D eigenvalue weighted by molar-refractivity contribution is -0.127. The number of amides is 1.